The number of imidazole rings is 1. The molecular formula is C24H22N4O2S. The molecule has 6 nitrogen and oxygen atoms in total. The highest BCUT2D eigenvalue weighted by Crippen LogP contribution is 2.25. The minimum Gasteiger partial charge on any atom is -0.496 e. The first kappa shape index (κ1) is 20.7. The predicted molar refractivity (Wildman–Crippen MR) is 125 cm³/mol. The number of fused-ring (bicyclic) bond motifs is 1. The van der Waals surface area contributed by atoms with Crippen LogP contribution < -0.4 is 10.2 Å². The number of para-hydroxylation sites is 3. The Labute approximate surface area is 185 Å². The third-order valence-corrected chi connectivity index (χ3v) is 5.64. The minimum atomic E-state index is -0.200. The molecule has 0 saturated heterocycles. The quantitative estimate of drug-likeness (QED) is 0.257. The highest BCUT2D eigenvalue weighted by Gasteiger charge is 2.13. The van der Waals surface area contributed by atoms with Gasteiger partial charge in [0.25, 0.3) is 5.91 Å². The molecule has 0 unspecified atom stereocenters. The van der Waals surface area contributed by atoms with Crippen LogP contribution in [0, 0.1) is 0 Å². The predicted octanol–water partition coefficient (Wildman–Crippen LogP) is 4.34. The fourth-order valence-electron chi connectivity index (χ4n) is 3.19. The van der Waals surface area contributed by atoms with Gasteiger partial charge in [-0.1, -0.05) is 66.4 Å². The van der Waals surface area contributed by atoms with Gasteiger partial charge in [-0.2, -0.15) is 5.10 Å². The van der Waals surface area contributed by atoms with Crippen molar-refractivity contribution in [1.29, 1.82) is 0 Å². The van der Waals surface area contributed by atoms with Crippen LogP contribution in [0.5, 0.6) is 5.75 Å². The Bertz CT molecular complexity index is 1200. The van der Waals surface area contributed by atoms with E-state index < -0.39 is 0 Å². The average molecular weight is 431 g/mol. The highest BCUT2D eigenvalue weighted by atomic mass is 32.2. The van der Waals surface area contributed by atoms with Crippen molar-refractivity contribution in [3.63, 3.8) is 0 Å². The summed E-state index contributed by atoms with van der Waals surface area (Å²) in [6.07, 6.45) is 1.58. The summed E-state index contributed by atoms with van der Waals surface area (Å²) in [5.74, 6) is 0.709. The van der Waals surface area contributed by atoms with Gasteiger partial charge in [-0.05, 0) is 29.8 Å². The zero-order chi connectivity index (χ0) is 21.5. The van der Waals surface area contributed by atoms with Crippen molar-refractivity contribution in [2.24, 2.45) is 5.10 Å². The Hall–Kier alpha value is -3.58. The molecule has 1 aromatic heterocycles. The normalized spacial score (nSPS) is 11.1. The SMILES string of the molecule is COc1ccccc1C=NNC(=O)CSc1nc2ccccc2n1Cc1ccccc1. The maximum absolute atomic E-state index is 12.3. The van der Waals surface area contributed by atoms with E-state index in [1.807, 2.05) is 66.7 Å². The van der Waals surface area contributed by atoms with Crippen molar-refractivity contribution in [3.05, 3.63) is 90.0 Å². The Morgan fingerprint density at radius 3 is 2.65 bits per heavy atom. The number of carbonyl (C=O) groups is 1. The van der Waals surface area contributed by atoms with E-state index in [9.17, 15) is 4.79 Å². The van der Waals surface area contributed by atoms with Gasteiger partial charge in [0.2, 0.25) is 0 Å². The van der Waals surface area contributed by atoms with Crippen LogP contribution in [0.3, 0.4) is 0 Å². The standard InChI is InChI=1S/C24H22N4O2S/c1-30-22-14-8-5-11-19(22)15-25-27-23(29)17-31-24-26-20-12-6-7-13-21(20)28(24)16-18-9-3-2-4-10-18/h2-15H,16-17H2,1H3,(H,27,29). The number of hydrogen-bond acceptors (Lipinski definition) is 5. The van der Waals surface area contributed by atoms with Crippen molar-refractivity contribution in [2.45, 2.75) is 11.7 Å². The first-order valence-electron chi connectivity index (χ1n) is 9.81. The Morgan fingerprint density at radius 2 is 1.81 bits per heavy atom. The summed E-state index contributed by atoms with van der Waals surface area (Å²) in [5.41, 5.74) is 6.50. The molecule has 0 atom stereocenters. The lowest BCUT2D eigenvalue weighted by atomic mass is 10.2. The van der Waals surface area contributed by atoms with E-state index in [4.69, 9.17) is 9.72 Å². The van der Waals surface area contributed by atoms with Gasteiger partial charge in [-0.15, -0.1) is 0 Å². The first-order chi connectivity index (χ1) is 15.2. The highest BCUT2D eigenvalue weighted by molar-refractivity contribution is 7.99. The third kappa shape index (κ3) is 5.13. The summed E-state index contributed by atoms with van der Waals surface area (Å²) < 4.78 is 7.42. The van der Waals surface area contributed by atoms with Gasteiger partial charge >= 0.3 is 0 Å². The summed E-state index contributed by atoms with van der Waals surface area (Å²) in [6, 6.07) is 25.7. The topological polar surface area (TPSA) is 68.5 Å². The van der Waals surface area contributed by atoms with Crippen LogP contribution in [-0.4, -0.2) is 34.5 Å². The number of aromatic nitrogens is 2. The second-order valence-electron chi connectivity index (χ2n) is 6.78. The van der Waals surface area contributed by atoms with E-state index in [2.05, 4.69) is 27.2 Å². The molecule has 1 amide bonds. The molecule has 3 aromatic carbocycles. The first-order valence-corrected chi connectivity index (χ1v) is 10.8. The lowest BCUT2D eigenvalue weighted by Gasteiger charge is -2.09. The third-order valence-electron chi connectivity index (χ3n) is 4.67. The number of methoxy groups -OCH3 is 1. The van der Waals surface area contributed by atoms with E-state index in [0.29, 0.717) is 12.3 Å². The van der Waals surface area contributed by atoms with Gasteiger partial charge in [0, 0.05) is 5.56 Å². The summed E-state index contributed by atoms with van der Waals surface area (Å²) >= 11 is 1.40. The van der Waals surface area contributed by atoms with Crippen molar-refractivity contribution in [1.82, 2.24) is 15.0 Å². The molecule has 0 radical (unpaired) electrons. The molecule has 7 heteroatoms. The second kappa shape index (κ2) is 9.95. The van der Waals surface area contributed by atoms with Crippen LogP contribution >= 0.6 is 11.8 Å². The van der Waals surface area contributed by atoms with E-state index in [-0.39, 0.29) is 11.7 Å². The maximum Gasteiger partial charge on any atom is 0.250 e. The fraction of sp³-hybridized carbons (Fsp3) is 0.125. The molecule has 0 fully saturated rings. The molecule has 4 aromatic rings. The average Bonchev–Trinajstić information content (AvgIpc) is 3.16. The van der Waals surface area contributed by atoms with E-state index in [1.54, 1.807) is 13.3 Å². The summed E-state index contributed by atoms with van der Waals surface area (Å²) in [7, 11) is 1.60. The number of amides is 1. The molecule has 156 valence electrons. The summed E-state index contributed by atoms with van der Waals surface area (Å²) in [5, 5.41) is 4.85. The van der Waals surface area contributed by atoms with E-state index in [0.717, 1.165) is 21.8 Å². The van der Waals surface area contributed by atoms with Crippen LogP contribution in [0.15, 0.2) is 89.1 Å². The molecule has 0 spiro atoms. The van der Waals surface area contributed by atoms with E-state index in [1.165, 1.54) is 17.3 Å². The van der Waals surface area contributed by atoms with Crippen LogP contribution in [0.2, 0.25) is 0 Å². The smallest absolute Gasteiger partial charge is 0.250 e. The molecule has 0 saturated carbocycles. The van der Waals surface area contributed by atoms with Gasteiger partial charge < -0.3 is 9.30 Å². The van der Waals surface area contributed by atoms with Crippen molar-refractivity contribution in [3.8, 4) is 5.75 Å². The molecule has 0 aliphatic carbocycles. The second-order valence-corrected chi connectivity index (χ2v) is 7.72. The lowest BCUT2D eigenvalue weighted by molar-refractivity contribution is -0.118. The van der Waals surface area contributed by atoms with Gasteiger partial charge in [0.05, 0.1) is 36.7 Å². The largest absolute Gasteiger partial charge is 0.496 e. The lowest BCUT2D eigenvalue weighted by Crippen LogP contribution is -2.20. The molecule has 0 aliphatic heterocycles. The summed E-state index contributed by atoms with van der Waals surface area (Å²) in [6.45, 7) is 0.692. The number of benzene rings is 3. The number of carbonyl (C=O) groups excluding carboxylic acids is 1. The zero-order valence-corrected chi connectivity index (χ0v) is 17.9. The van der Waals surface area contributed by atoms with Gasteiger partial charge in [-0.25, -0.2) is 10.4 Å². The zero-order valence-electron chi connectivity index (χ0n) is 17.1. The number of ether oxygens (including phenoxy) is 1. The van der Waals surface area contributed by atoms with Crippen LogP contribution in [0.25, 0.3) is 11.0 Å². The van der Waals surface area contributed by atoms with Crippen molar-refractivity contribution in [2.75, 3.05) is 12.9 Å². The van der Waals surface area contributed by atoms with Crippen LogP contribution in [0.4, 0.5) is 0 Å². The number of hydrazone groups is 1. The number of nitrogens with zero attached hydrogens (tertiary/aromatic N) is 3. The van der Waals surface area contributed by atoms with Gasteiger partial charge in [0.15, 0.2) is 5.16 Å². The molecule has 31 heavy (non-hydrogen) atoms. The van der Waals surface area contributed by atoms with E-state index >= 15 is 0 Å². The maximum atomic E-state index is 12.3. The number of nitrogens with one attached hydrogen (secondary N) is 1. The summed E-state index contributed by atoms with van der Waals surface area (Å²) in [4.78, 5) is 17.1. The number of thioether (sulfide) groups is 1. The fourth-order valence-corrected chi connectivity index (χ4v) is 4.00. The van der Waals surface area contributed by atoms with Crippen LogP contribution in [-0.2, 0) is 11.3 Å². The molecule has 4 rings (SSSR count). The Balaban J connectivity index is 1.44. The van der Waals surface area contributed by atoms with Crippen molar-refractivity contribution < 1.29 is 9.53 Å². The van der Waals surface area contributed by atoms with Crippen molar-refractivity contribution >= 4 is 34.9 Å². The Morgan fingerprint density at radius 1 is 1.06 bits per heavy atom. The van der Waals surface area contributed by atoms with Crippen LogP contribution in [0.1, 0.15) is 11.1 Å². The monoisotopic (exact) mass is 430 g/mol. The van der Waals surface area contributed by atoms with Gasteiger partial charge in [0.1, 0.15) is 5.75 Å². The molecule has 0 bridgehead atoms. The number of rotatable bonds is 8. The molecule has 0 aliphatic rings. The molecule has 1 N–H and O–H groups in total. The number of hydrogen-bond donors (Lipinski definition) is 1. The minimum absolute atomic E-state index is 0.200. The molecule has 1 heterocycles. The van der Waals surface area contributed by atoms with Gasteiger partial charge in [-0.3, -0.25) is 4.79 Å². The molecular weight excluding hydrogens is 408 g/mol. The Kier molecular flexibility index (Phi) is 6.64.